The molecule has 1 aromatic carbocycles. The number of rotatable bonds is 6. The molecule has 2 aliphatic heterocycles. The highest BCUT2D eigenvalue weighted by Gasteiger charge is 2.29. The number of nitrogens with zero attached hydrogens (tertiary/aromatic N) is 1. The van der Waals surface area contributed by atoms with Gasteiger partial charge >= 0.3 is 0 Å². The van der Waals surface area contributed by atoms with Crippen molar-refractivity contribution in [3.8, 4) is 0 Å². The lowest BCUT2D eigenvalue weighted by atomic mass is 9.88. The summed E-state index contributed by atoms with van der Waals surface area (Å²) in [5.74, 6) is 0.852. The van der Waals surface area contributed by atoms with Gasteiger partial charge in [0.25, 0.3) is 0 Å². The monoisotopic (exact) mass is 282 g/mol. The van der Waals surface area contributed by atoms with Crippen molar-refractivity contribution in [2.75, 3.05) is 26.2 Å². The second kappa shape index (κ2) is 6.98. The van der Waals surface area contributed by atoms with Gasteiger partial charge in [-0.3, -0.25) is 0 Å². The fraction of sp³-hybridized carbons (Fsp3) is 0.667. The lowest BCUT2D eigenvalue weighted by molar-refractivity contribution is 0.0909. The van der Waals surface area contributed by atoms with Gasteiger partial charge < -0.3 is 10.2 Å². The molecule has 2 radical (unpaired) electrons. The highest BCUT2D eigenvalue weighted by atomic mass is 15.2. The SMILES string of the molecule is [B]CCc1ccc(CC2CN(CC3CCCN3)C2)c(C)c1. The van der Waals surface area contributed by atoms with Crippen LogP contribution in [0.15, 0.2) is 18.2 Å². The Morgan fingerprint density at radius 1 is 1.33 bits per heavy atom. The van der Waals surface area contributed by atoms with Gasteiger partial charge in [-0.25, -0.2) is 0 Å². The topological polar surface area (TPSA) is 15.3 Å². The summed E-state index contributed by atoms with van der Waals surface area (Å²) in [6.07, 6.45) is 5.70. The van der Waals surface area contributed by atoms with E-state index in [1.165, 1.54) is 62.1 Å². The molecule has 1 unspecified atom stereocenters. The van der Waals surface area contributed by atoms with E-state index in [0.717, 1.165) is 24.7 Å². The van der Waals surface area contributed by atoms with E-state index in [1.807, 2.05) is 0 Å². The Kier molecular flexibility index (Phi) is 5.02. The van der Waals surface area contributed by atoms with Gasteiger partial charge in [-0.2, -0.15) is 0 Å². The van der Waals surface area contributed by atoms with E-state index in [1.54, 1.807) is 0 Å². The Balaban J connectivity index is 1.45. The molecule has 2 fully saturated rings. The summed E-state index contributed by atoms with van der Waals surface area (Å²) in [5, 5.41) is 3.60. The zero-order chi connectivity index (χ0) is 14.7. The van der Waals surface area contributed by atoms with E-state index in [9.17, 15) is 0 Å². The van der Waals surface area contributed by atoms with Crippen LogP contribution in [0.1, 0.15) is 29.5 Å². The second-order valence-corrected chi connectivity index (χ2v) is 6.88. The third kappa shape index (κ3) is 3.89. The molecule has 0 amide bonds. The van der Waals surface area contributed by atoms with Gasteiger partial charge in [-0.1, -0.05) is 24.5 Å². The quantitative estimate of drug-likeness (QED) is 0.806. The first-order valence-corrected chi connectivity index (χ1v) is 8.49. The molecule has 2 nitrogen and oxygen atoms in total. The molecule has 2 saturated heterocycles. The highest BCUT2D eigenvalue weighted by molar-refractivity contribution is 6.08. The van der Waals surface area contributed by atoms with E-state index in [2.05, 4.69) is 35.3 Å². The van der Waals surface area contributed by atoms with Crippen LogP contribution < -0.4 is 5.32 Å². The molecule has 2 heterocycles. The predicted octanol–water partition coefficient (Wildman–Crippen LogP) is 2.35. The van der Waals surface area contributed by atoms with Crippen LogP contribution in [0.2, 0.25) is 6.32 Å². The Labute approximate surface area is 130 Å². The second-order valence-electron chi connectivity index (χ2n) is 6.88. The average molecular weight is 282 g/mol. The van der Waals surface area contributed by atoms with Crippen LogP contribution in [0.3, 0.4) is 0 Å². The molecule has 21 heavy (non-hydrogen) atoms. The first-order valence-electron chi connectivity index (χ1n) is 8.49. The van der Waals surface area contributed by atoms with Crippen LogP contribution in [-0.2, 0) is 12.8 Å². The van der Waals surface area contributed by atoms with E-state index in [0.29, 0.717) is 0 Å². The molecule has 0 aliphatic carbocycles. The zero-order valence-electron chi connectivity index (χ0n) is 13.3. The lowest BCUT2D eigenvalue weighted by Crippen LogP contribution is -2.51. The molecular formula is C18H27BN2. The fourth-order valence-corrected chi connectivity index (χ4v) is 3.80. The van der Waals surface area contributed by atoms with E-state index >= 15 is 0 Å². The van der Waals surface area contributed by atoms with E-state index in [4.69, 9.17) is 7.85 Å². The highest BCUT2D eigenvalue weighted by Crippen LogP contribution is 2.24. The van der Waals surface area contributed by atoms with Gasteiger partial charge in [-0.05, 0) is 61.8 Å². The number of benzene rings is 1. The molecule has 3 heteroatoms. The standard InChI is InChI=1S/C18H27BN2/c1-14-9-15(6-7-19)4-5-17(14)10-16-11-21(12-16)13-18-3-2-8-20-18/h4-5,9,16,18,20H,2-3,6-8,10-13H2,1H3. The van der Waals surface area contributed by atoms with Crippen LogP contribution in [0.25, 0.3) is 0 Å². The van der Waals surface area contributed by atoms with E-state index in [-0.39, 0.29) is 0 Å². The van der Waals surface area contributed by atoms with E-state index < -0.39 is 0 Å². The molecule has 0 saturated carbocycles. The first-order chi connectivity index (χ1) is 10.2. The largest absolute Gasteiger partial charge is 0.313 e. The van der Waals surface area contributed by atoms with Crippen molar-refractivity contribution < 1.29 is 0 Å². The predicted molar refractivity (Wildman–Crippen MR) is 90.1 cm³/mol. The Bertz CT molecular complexity index is 462. The van der Waals surface area contributed by atoms with Crippen LogP contribution >= 0.6 is 0 Å². The molecular weight excluding hydrogens is 255 g/mol. The molecule has 0 spiro atoms. The minimum absolute atomic E-state index is 0.742. The third-order valence-electron chi connectivity index (χ3n) is 5.02. The summed E-state index contributed by atoms with van der Waals surface area (Å²) in [7, 11) is 5.63. The number of likely N-dealkylation sites (tertiary alicyclic amines) is 1. The van der Waals surface area contributed by atoms with Crippen molar-refractivity contribution in [1.82, 2.24) is 10.2 Å². The van der Waals surface area contributed by atoms with Gasteiger partial charge in [0.15, 0.2) is 0 Å². The molecule has 1 atom stereocenters. The first kappa shape index (κ1) is 15.1. The van der Waals surface area contributed by atoms with Gasteiger partial charge in [0.2, 0.25) is 0 Å². The van der Waals surface area contributed by atoms with Crippen LogP contribution in [0.4, 0.5) is 0 Å². The molecule has 112 valence electrons. The van der Waals surface area contributed by atoms with Crippen molar-refractivity contribution in [2.24, 2.45) is 5.92 Å². The van der Waals surface area contributed by atoms with Crippen molar-refractivity contribution in [1.29, 1.82) is 0 Å². The summed E-state index contributed by atoms with van der Waals surface area (Å²) in [6.45, 7) is 7.28. The van der Waals surface area contributed by atoms with Gasteiger partial charge in [0.05, 0.1) is 7.85 Å². The summed E-state index contributed by atoms with van der Waals surface area (Å²) in [5.41, 5.74) is 4.34. The number of nitrogens with one attached hydrogen (secondary N) is 1. The smallest absolute Gasteiger partial charge is 0.0657 e. The van der Waals surface area contributed by atoms with Crippen LogP contribution in [-0.4, -0.2) is 45.0 Å². The molecule has 0 aromatic heterocycles. The summed E-state index contributed by atoms with van der Waals surface area (Å²) < 4.78 is 0. The molecule has 1 N–H and O–H groups in total. The molecule has 3 rings (SSSR count). The number of aryl methyl sites for hydroxylation is 2. The Morgan fingerprint density at radius 3 is 2.86 bits per heavy atom. The number of hydrogen-bond acceptors (Lipinski definition) is 2. The number of hydrogen-bond donors (Lipinski definition) is 1. The van der Waals surface area contributed by atoms with Crippen LogP contribution in [0, 0.1) is 12.8 Å². The molecule has 1 aromatic rings. The summed E-state index contributed by atoms with van der Waals surface area (Å²) >= 11 is 0. The molecule has 0 bridgehead atoms. The zero-order valence-corrected chi connectivity index (χ0v) is 13.3. The van der Waals surface area contributed by atoms with Crippen molar-refractivity contribution in [3.05, 3.63) is 34.9 Å². The van der Waals surface area contributed by atoms with Gasteiger partial charge in [0.1, 0.15) is 0 Å². The lowest BCUT2D eigenvalue weighted by Gasteiger charge is -2.41. The Morgan fingerprint density at radius 2 is 2.19 bits per heavy atom. The minimum Gasteiger partial charge on any atom is -0.313 e. The normalized spacial score (nSPS) is 23.4. The Hall–Kier alpha value is -0.795. The summed E-state index contributed by atoms with van der Waals surface area (Å²) in [6, 6.07) is 7.65. The maximum Gasteiger partial charge on any atom is 0.0657 e. The maximum absolute atomic E-state index is 5.63. The van der Waals surface area contributed by atoms with Crippen molar-refractivity contribution in [2.45, 2.75) is 45.0 Å². The summed E-state index contributed by atoms with van der Waals surface area (Å²) in [4.78, 5) is 2.62. The molecule has 2 aliphatic rings. The van der Waals surface area contributed by atoms with Crippen LogP contribution in [0.5, 0.6) is 0 Å². The fourth-order valence-electron chi connectivity index (χ4n) is 3.80. The van der Waals surface area contributed by atoms with Crippen molar-refractivity contribution in [3.63, 3.8) is 0 Å². The average Bonchev–Trinajstić information content (AvgIpc) is 2.92. The minimum atomic E-state index is 0.742. The third-order valence-corrected chi connectivity index (χ3v) is 5.02. The maximum atomic E-state index is 5.63. The van der Waals surface area contributed by atoms with Gasteiger partial charge in [0, 0.05) is 25.7 Å². The van der Waals surface area contributed by atoms with Gasteiger partial charge in [-0.15, -0.1) is 0 Å². The van der Waals surface area contributed by atoms with Crippen molar-refractivity contribution >= 4 is 7.85 Å².